The van der Waals surface area contributed by atoms with E-state index in [1.807, 2.05) is 13.8 Å². The molecule has 26 heavy (non-hydrogen) atoms. The molecule has 2 aromatic rings. The van der Waals surface area contributed by atoms with E-state index in [1.165, 1.54) is 11.8 Å². The molecule has 3 rings (SSSR count). The fraction of sp³-hybridized carbons (Fsp3) is 0.471. The molecule has 1 aliphatic heterocycles. The zero-order chi connectivity index (χ0) is 18.5. The first kappa shape index (κ1) is 18.4. The molecule has 0 bridgehead atoms. The molecule has 8 nitrogen and oxygen atoms in total. The van der Waals surface area contributed by atoms with Crippen molar-refractivity contribution in [2.75, 3.05) is 18.8 Å². The van der Waals surface area contributed by atoms with Crippen LogP contribution in [0.2, 0.25) is 0 Å². The molecular formula is C17H21N5O3S. The van der Waals surface area contributed by atoms with Crippen LogP contribution in [-0.2, 0) is 4.79 Å². The Hall–Kier alpha value is -2.42. The molecule has 0 spiro atoms. The number of rotatable bonds is 7. The van der Waals surface area contributed by atoms with Gasteiger partial charge < -0.3 is 14.7 Å². The molecule has 9 heteroatoms. The fourth-order valence-electron chi connectivity index (χ4n) is 2.60. The lowest BCUT2D eigenvalue weighted by molar-refractivity contribution is -0.122. The van der Waals surface area contributed by atoms with Crippen molar-refractivity contribution >= 4 is 22.9 Å². The highest BCUT2D eigenvalue weighted by Crippen LogP contribution is 2.23. The second kappa shape index (κ2) is 8.31. The van der Waals surface area contributed by atoms with E-state index in [-0.39, 0.29) is 29.5 Å². The van der Waals surface area contributed by atoms with Crippen molar-refractivity contribution in [1.82, 2.24) is 25.3 Å². The predicted octanol–water partition coefficient (Wildman–Crippen LogP) is 2.50. The van der Waals surface area contributed by atoms with Crippen LogP contribution < -0.4 is 5.32 Å². The molecule has 1 aliphatic rings. The Balaban J connectivity index is 1.63. The van der Waals surface area contributed by atoms with E-state index in [4.69, 9.17) is 4.52 Å². The van der Waals surface area contributed by atoms with Crippen LogP contribution in [0.4, 0.5) is 4.79 Å². The van der Waals surface area contributed by atoms with Crippen molar-refractivity contribution in [1.29, 1.82) is 0 Å². The van der Waals surface area contributed by atoms with Gasteiger partial charge in [-0.25, -0.2) is 0 Å². The number of nitrogens with zero attached hydrogens (tertiary/aromatic N) is 4. The van der Waals surface area contributed by atoms with Crippen LogP contribution in [0.15, 0.2) is 29.0 Å². The van der Waals surface area contributed by atoms with E-state index in [1.54, 1.807) is 29.4 Å². The summed E-state index contributed by atoms with van der Waals surface area (Å²) < 4.78 is 5.37. The average molecular weight is 375 g/mol. The summed E-state index contributed by atoms with van der Waals surface area (Å²) in [5.41, 5.74) is 0.800. The van der Waals surface area contributed by atoms with Crippen LogP contribution in [0.25, 0.3) is 11.4 Å². The summed E-state index contributed by atoms with van der Waals surface area (Å²) in [4.78, 5) is 34.0. The second-order valence-corrected chi connectivity index (χ2v) is 7.38. The molecule has 138 valence electrons. The average Bonchev–Trinajstić information content (AvgIpc) is 3.27. The fourth-order valence-corrected chi connectivity index (χ4v) is 3.46. The maximum atomic E-state index is 12.3. The molecular weight excluding hydrogens is 354 g/mol. The Morgan fingerprint density at radius 1 is 1.38 bits per heavy atom. The smallest absolute Gasteiger partial charge is 0.281 e. The molecule has 3 heterocycles. The molecule has 1 saturated heterocycles. The Bertz CT molecular complexity index is 765. The van der Waals surface area contributed by atoms with Gasteiger partial charge in [-0.15, -0.1) is 0 Å². The predicted molar refractivity (Wildman–Crippen MR) is 97.3 cm³/mol. The van der Waals surface area contributed by atoms with Gasteiger partial charge in [0.2, 0.25) is 17.6 Å². The van der Waals surface area contributed by atoms with E-state index in [0.29, 0.717) is 24.8 Å². The summed E-state index contributed by atoms with van der Waals surface area (Å²) in [7, 11) is 0. The first-order valence-electron chi connectivity index (χ1n) is 8.49. The Kier molecular flexibility index (Phi) is 5.87. The number of pyridine rings is 1. The topological polar surface area (TPSA) is 101 Å². The van der Waals surface area contributed by atoms with E-state index in [9.17, 15) is 9.59 Å². The minimum absolute atomic E-state index is 0.0390. The third-order valence-electron chi connectivity index (χ3n) is 4.08. The Morgan fingerprint density at radius 3 is 2.81 bits per heavy atom. The van der Waals surface area contributed by atoms with E-state index in [2.05, 4.69) is 20.4 Å². The van der Waals surface area contributed by atoms with Crippen molar-refractivity contribution < 1.29 is 14.1 Å². The van der Waals surface area contributed by atoms with Crippen LogP contribution in [-0.4, -0.2) is 50.0 Å². The number of thioether (sulfide) groups is 1. The number of nitrogens with one attached hydrogen (secondary N) is 1. The number of aromatic nitrogens is 3. The van der Waals surface area contributed by atoms with E-state index in [0.717, 1.165) is 11.3 Å². The number of carbonyl (C=O) groups is 2. The standard InChI is InChI=1S/C17H21N5O3S/c1-11(2)14(19-13(23)5-8-22-9-10-26-17(22)24)16-20-15(21-25-16)12-3-6-18-7-4-12/h3-4,6-7,11,14H,5,8-10H2,1-2H3,(H,19,23). The quantitative estimate of drug-likeness (QED) is 0.793. The first-order chi connectivity index (χ1) is 12.5. The molecule has 1 fully saturated rings. The van der Waals surface area contributed by atoms with Gasteiger partial charge in [-0.1, -0.05) is 30.8 Å². The number of hydrogen-bond donors (Lipinski definition) is 1. The second-order valence-electron chi connectivity index (χ2n) is 6.33. The normalized spacial score (nSPS) is 15.5. The third kappa shape index (κ3) is 4.40. The Morgan fingerprint density at radius 2 is 2.15 bits per heavy atom. The maximum absolute atomic E-state index is 12.3. The van der Waals surface area contributed by atoms with Crippen molar-refractivity contribution in [2.45, 2.75) is 26.3 Å². The third-order valence-corrected chi connectivity index (χ3v) is 4.98. The van der Waals surface area contributed by atoms with Gasteiger partial charge in [0, 0.05) is 43.2 Å². The molecule has 1 N–H and O–H groups in total. The molecule has 0 aromatic carbocycles. The minimum Gasteiger partial charge on any atom is -0.344 e. The van der Waals surface area contributed by atoms with E-state index >= 15 is 0 Å². The molecule has 0 saturated carbocycles. The molecule has 2 amide bonds. The van der Waals surface area contributed by atoms with Gasteiger partial charge in [-0.2, -0.15) is 4.98 Å². The number of amides is 2. The summed E-state index contributed by atoms with van der Waals surface area (Å²) in [5.74, 6) is 1.55. The highest BCUT2D eigenvalue weighted by Gasteiger charge is 2.26. The first-order valence-corrected chi connectivity index (χ1v) is 9.48. The summed E-state index contributed by atoms with van der Waals surface area (Å²) in [6, 6.07) is 3.21. The lowest BCUT2D eigenvalue weighted by Gasteiger charge is -2.20. The van der Waals surface area contributed by atoms with Gasteiger partial charge in [-0.3, -0.25) is 14.6 Å². The number of carbonyl (C=O) groups excluding carboxylic acids is 2. The van der Waals surface area contributed by atoms with Crippen LogP contribution >= 0.6 is 11.8 Å². The molecule has 0 aliphatic carbocycles. The van der Waals surface area contributed by atoms with Crippen LogP contribution in [0.3, 0.4) is 0 Å². The van der Waals surface area contributed by atoms with Crippen molar-refractivity contribution in [3.8, 4) is 11.4 Å². The summed E-state index contributed by atoms with van der Waals surface area (Å²) >= 11 is 1.29. The lowest BCUT2D eigenvalue weighted by atomic mass is 10.0. The summed E-state index contributed by atoms with van der Waals surface area (Å²) in [5, 5.41) is 6.98. The van der Waals surface area contributed by atoms with Crippen LogP contribution in [0.5, 0.6) is 0 Å². The monoisotopic (exact) mass is 375 g/mol. The molecule has 1 atom stereocenters. The lowest BCUT2D eigenvalue weighted by Crippen LogP contribution is -2.35. The van der Waals surface area contributed by atoms with Crippen molar-refractivity contribution in [3.05, 3.63) is 30.4 Å². The Labute approximate surface area is 155 Å². The molecule has 2 aromatic heterocycles. The summed E-state index contributed by atoms with van der Waals surface area (Å²) in [6.07, 6.45) is 3.57. The van der Waals surface area contributed by atoms with Gasteiger partial charge in [0.25, 0.3) is 5.24 Å². The van der Waals surface area contributed by atoms with Gasteiger partial charge in [0.1, 0.15) is 6.04 Å². The molecule has 0 radical (unpaired) electrons. The van der Waals surface area contributed by atoms with Gasteiger partial charge in [-0.05, 0) is 18.1 Å². The van der Waals surface area contributed by atoms with E-state index < -0.39 is 0 Å². The van der Waals surface area contributed by atoms with Crippen LogP contribution in [0.1, 0.15) is 32.2 Å². The van der Waals surface area contributed by atoms with Crippen LogP contribution in [0, 0.1) is 5.92 Å². The SMILES string of the molecule is CC(C)C(NC(=O)CCN1CCSC1=O)c1nc(-c2ccncc2)no1. The highest BCUT2D eigenvalue weighted by molar-refractivity contribution is 8.13. The van der Waals surface area contributed by atoms with Gasteiger partial charge in [0.05, 0.1) is 0 Å². The van der Waals surface area contributed by atoms with Crippen molar-refractivity contribution in [3.63, 3.8) is 0 Å². The summed E-state index contributed by atoms with van der Waals surface area (Å²) in [6.45, 7) is 5.07. The largest absolute Gasteiger partial charge is 0.344 e. The van der Waals surface area contributed by atoms with Gasteiger partial charge >= 0.3 is 0 Å². The number of hydrogen-bond acceptors (Lipinski definition) is 7. The van der Waals surface area contributed by atoms with Gasteiger partial charge in [0.15, 0.2) is 0 Å². The molecule has 1 unspecified atom stereocenters. The zero-order valence-electron chi connectivity index (χ0n) is 14.7. The van der Waals surface area contributed by atoms with Crippen molar-refractivity contribution in [2.24, 2.45) is 5.92 Å². The minimum atomic E-state index is -0.380. The zero-order valence-corrected chi connectivity index (χ0v) is 15.5. The highest BCUT2D eigenvalue weighted by atomic mass is 32.2. The maximum Gasteiger partial charge on any atom is 0.281 e.